The number of benzene rings is 2. The first kappa shape index (κ1) is 37.3. The van der Waals surface area contributed by atoms with Crippen molar-refractivity contribution in [2.45, 2.75) is 101 Å². The molecule has 0 radical (unpaired) electrons. The van der Waals surface area contributed by atoms with E-state index in [0.29, 0.717) is 44.7 Å². The van der Waals surface area contributed by atoms with Gasteiger partial charge in [0.25, 0.3) is 0 Å². The molecule has 10 nitrogen and oxygen atoms in total. The summed E-state index contributed by atoms with van der Waals surface area (Å²) in [7, 11) is 6.07. The molecule has 14 heteroatoms. The van der Waals surface area contributed by atoms with Gasteiger partial charge in [-0.25, -0.2) is 19.3 Å². The van der Waals surface area contributed by atoms with E-state index in [2.05, 4.69) is 47.9 Å². The van der Waals surface area contributed by atoms with Gasteiger partial charge < -0.3 is 19.7 Å². The SMILES string of the molecule is COc1c(Cl)cccc1CC1CCC(C)(C)C1(O)Cn1ncnc1SSc1ncnn1CC1(O)C(Cc2cccc(Cl)c2OC)CCC1(C)C. The van der Waals surface area contributed by atoms with Crippen LogP contribution >= 0.6 is 44.8 Å². The quantitative estimate of drug-likeness (QED) is 0.131. The number of ether oxygens (including phenoxy) is 2. The molecule has 0 aliphatic heterocycles. The van der Waals surface area contributed by atoms with Gasteiger partial charge in [0.15, 0.2) is 10.3 Å². The molecule has 50 heavy (non-hydrogen) atoms. The summed E-state index contributed by atoms with van der Waals surface area (Å²) in [5.41, 5.74) is -0.895. The predicted octanol–water partition coefficient (Wildman–Crippen LogP) is 7.81. The first-order chi connectivity index (χ1) is 23.7. The van der Waals surface area contributed by atoms with Crippen LogP contribution in [0.25, 0.3) is 0 Å². The number of aromatic nitrogens is 6. The summed E-state index contributed by atoms with van der Waals surface area (Å²) in [6, 6.07) is 11.5. The predicted molar refractivity (Wildman–Crippen MR) is 198 cm³/mol. The summed E-state index contributed by atoms with van der Waals surface area (Å²) in [5.74, 6) is 1.22. The molecule has 4 atom stereocenters. The fourth-order valence-electron chi connectivity index (χ4n) is 8.11. The normalized spacial score (nSPS) is 25.6. The highest BCUT2D eigenvalue weighted by molar-refractivity contribution is 8.76. The van der Waals surface area contributed by atoms with Crippen molar-refractivity contribution < 1.29 is 19.7 Å². The van der Waals surface area contributed by atoms with Crippen LogP contribution in [0.4, 0.5) is 0 Å². The van der Waals surface area contributed by atoms with Gasteiger partial charge in [-0.1, -0.05) is 75.2 Å². The van der Waals surface area contributed by atoms with Gasteiger partial charge in [-0.15, -0.1) is 0 Å². The van der Waals surface area contributed by atoms with Crippen LogP contribution in [0.5, 0.6) is 11.5 Å². The molecular weight excluding hydrogens is 715 g/mol. The van der Waals surface area contributed by atoms with E-state index in [0.717, 1.165) is 36.8 Å². The van der Waals surface area contributed by atoms with Gasteiger partial charge in [-0.05, 0) is 106 Å². The minimum Gasteiger partial charge on any atom is -0.495 e. The second kappa shape index (κ2) is 14.5. The van der Waals surface area contributed by atoms with Crippen LogP contribution in [0.15, 0.2) is 59.4 Å². The zero-order chi connectivity index (χ0) is 35.9. The van der Waals surface area contributed by atoms with E-state index in [1.165, 1.54) is 34.2 Å². The molecule has 2 N–H and O–H groups in total. The Morgan fingerprint density at radius 2 is 1.12 bits per heavy atom. The molecule has 270 valence electrons. The molecule has 0 saturated heterocycles. The molecular formula is C36H46Cl2N6O4S2. The summed E-state index contributed by atoms with van der Waals surface area (Å²) < 4.78 is 14.8. The first-order valence-corrected chi connectivity index (χ1v) is 19.8. The smallest absolute Gasteiger partial charge is 0.197 e. The Labute approximate surface area is 312 Å². The van der Waals surface area contributed by atoms with Crippen LogP contribution in [0.1, 0.15) is 64.5 Å². The number of methoxy groups -OCH3 is 2. The molecule has 2 fully saturated rings. The van der Waals surface area contributed by atoms with Gasteiger partial charge in [-0.3, -0.25) is 0 Å². The topological polar surface area (TPSA) is 120 Å². The van der Waals surface area contributed by atoms with Crippen molar-refractivity contribution in [2.24, 2.45) is 22.7 Å². The number of hydrogen-bond acceptors (Lipinski definition) is 10. The van der Waals surface area contributed by atoms with Gasteiger partial charge in [0.2, 0.25) is 0 Å². The molecule has 2 aliphatic rings. The molecule has 2 aliphatic carbocycles. The van der Waals surface area contributed by atoms with Crippen LogP contribution in [0, 0.1) is 22.7 Å². The van der Waals surface area contributed by atoms with E-state index >= 15 is 0 Å². The number of rotatable bonds is 13. The van der Waals surface area contributed by atoms with Crippen LogP contribution in [0.2, 0.25) is 10.0 Å². The number of aliphatic hydroxyl groups is 2. The summed E-state index contributed by atoms with van der Waals surface area (Å²) in [6.45, 7) is 9.04. The molecule has 4 aromatic rings. The Morgan fingerprint density at radius 1 is 0.720 bits per heavy atom. The molecule has 0 bridgehead atoms. The van der Waals surface area contributed by atoms with E-state index in [4.69, 9.17) is 32.7 Å². The van der Waals surface area contributed by atoms with Crippen molar-refractivity contribution in [3.63, 3.8) is 0 Å². The maximum atomic E-state index is 12.4. The van der Waals surface area contributed by atoms with E-state index in [1.54, 1.807) is 23.6 Å². The Morgan fingerprint density at radius 3 is 1.50 bits per heavy atom. The summed E-state index contributed by atoms with van der Waals surface area (Å²) in [6.07, 6.45) is 7.76. The zero-order valence-corrected chi connectivity index (χ0v) is 32.5. The van der Waals surface area contributed by atoms with Gasteiger partial charge in [0.05, 0.1) is 48.6 Å². The lowest BCUT2D eigenvalue weighted by molar-refractivity contribution is -0.0925. The van der Waals surface area contributed by atoms with Crippen molar-refractivity contribution >= 4 is 44.8 Å². The second-order valence-corrected chi connectivity index (χ2v) is 17.8. The fraction of sp³-hybridized carbons (Fsp3) is 0.556. The second-order valence-electron chi connectivity index (χ2n) is 14.9. The Balaban J connectivity index is 1.18. The first-order valence-electron chi connectivity index (χ1n) is 16.9. The van der Waals surface area contributed by atoms with Crippen molar-refractivity contribution in [3.8, 4) is 11.5 Å². The molecule has 2 saturated carbocycles. The van der Waals surface area contributed by atoms with Crippen LogP contribution in [-0.2, 0) is 25.9 Å². The zero-order valence-electron chi connectivity index (χ0n) is 29.4. The number of halogens is 2. The molecule has 2 aromatic carbocycles. The summed E-state index contributed by atoms with van der Waals surface area (Å²) in [5, 5.41) is 36.4. The van der Waals surface area contributed by atoms with Crippen LogP contribution in [-0.4, -0.2) is 65.2 Å². The van der Waals surface area contributed by atoms with Crippen molar-refractivity contribution in [1.29, 1.82) is 0 Å². The maximum Gasteiger partial charge on any atom is 0.197 e. The van der Waals surface area contributed by atoms with Gasteiger partial charge in [-0.2, -0.15) is 10.2 Å². The third kappa shape index (κ3) is 6.88. The Kier molecular flexibility index (Phi) is 10.8. The lowest BCUT2D eigenvalue weighted by atomic mass is 9.72. The third-order valence-corrected chi connectivity index (χ3v) is 14.3. The third-order valence-electron chi connectivity index (χ3n) is 11.5. The molecule has 0 spiro atoms. The Bertz CT molecular complexity index is 1690. The lowest BCUT2D eigenvalue weighted by Gasteiger charge is -2.41. The lowest BCUT2D eigenvalue weighted by Crippen LogP contribution is -2.49. The highest BCUT2D eigenvalue weighted by atomic mass is 35.5. The maximum absolute atomic E-state index is 12.4. The highest BCUT2D eigenvalue weighted by Gasteiger charge is 2.56. The van der Waals surface area contributed by atoms with E-state index in [-0.39, 0.29) is 35.8 Å². The number of nitrogens with zero attached hydrogens (tertiary/aromatic N) is 6. The van der Waals surface area contributed by atoms with Crippen molar-refractivity contribution in [2.75, 3.05) is 14.2 Å². The van der Waals surface area contributed by atoms with E-state index in [1.807, 2.05) is 36.4 Å². The molecule has 6 rings (SSSR count). The molecule has 4 unspecified atom stereocenters. The molecule has 2 heterocycles. The van der Waals surface area contributed by atoms with Gasteiger partial charge in [0, 0.05) is 0 Å². The highest BCUT2D eigenvalue weighted by Crippen LogP contribution is 2.54. The molecule has 2 aromatic heterocycles. The van der Waals surface area contributed by atoms with Crippen LogP contribution < -0.4 is 9.47 Å². The average molecular weight is 762 g/mol. The van der Waals surface area contributed by atoms with E-state index in [9.17, 15) is 10.2 Å². The Hall–Kier alpha value is -2.48. The summed E-state index contributed by atoms with van der Waals surface area (Å²) in [4.78, 5) is 9.11. The van der Waals surface area contributed by atoms with E-state index < -0.39 is 11.2 Å². The largest absolute Gasteiger partial charge is 0.495 e. The number of para-hydroxylation sites is 2. The standard InChI is InChI=1S/C36H46Cl2N6O4S2/c1-33(2)15-13-25(17-23-9-7-11-27(37)29(23)47-5)35(33,45)19-43-31(39-21-41-43)49-50-32-40-22-42-44(32)20-36(46)26(14-16-34(36,3)4)18-24-10-8-12-28(38)30(24)48-6/h7-12,21-22,25-26,45-46H,13-20H2,1-6H3. The van der Waals surface area contributed by atoms with Crippen LogP contribution in [0.3, 0.4) is 0 Å². The molecule has 0 amide bonds. The van der Waals surface area contributed by atoms with Gasteiger partial charge >= 0.3 is 0 Å². The van der Waals surface area contributed by atoms with Crippen molar-refractivity contribution in [3.05, 3.63) is 70.2 Å². The summed E-state index contributed by atoms with van der Waals surface area (Å²) >= 11 is 12.9. The number of hydrogen-bond donors (Lipinski definition) is 2. The average Bonchev–Trinajstić information content (AvgIpc) is 3.80. The minimum atomic E-state index is -1.06. The fourth-order valence-corrected chi connectivity index (χ4v) is 10.6. The monoisotopic (exact) mass is 760 g/mol. The van der Waals surface area contributed by atoms with Crippen molar-refractivity contribution in [1.82, 2.24) is 29.5 Å². The minimum absolute atomic E-state index is 0.0435. The van der Waals surface area contributed by atoms with Gasteiger partial charge in [0.1, 0.15) is 24.2 Å².